The van der Waals surface area contributed by atoms with Gasteiger partial charge in [0, 0.05) is 12.5 Å². The van der Waals surface area contributed by atoms with E-state index in [1.807, 2.05) is 49.4 Å². The first kappa shape index (κ1) is 23.1. The van der Waals surface area contributed by atoms with E-state index in [1.54, 1.807) is 0 Å². The predicted octanol–water partition coefficient (Wildman–Crippen LogP) is 6.16. The third-order valence-corrected chi connectivity index (χ3v) is 5.97. The van der Waals surface area contributed by atoms with Gasteiger partial charge in [0.25, 0.3) is 0 Å². The lowest BCUT2D eigenvalue weighted by Gasteiger charge is -2.19. The lowest BCUT2D eigenvalue weighted by atomic mass is 10.0. The van der Waals surface area contributed by atoms with Gasteiger partial charge >= 0.3 is 0 Å². The van der Waals surface area contributed by atoms with Crippen molar-refractivity contribution in [2.24, 2.45) is 5.92 Å². The Balaban J connectivity index is 1.66. The van der Waals surface area contributed by atoms with Crippen LogP contribution in [0.15, 0.2) is 48.5 Å². The highest BCUT2D eigenvalue weighted by atomic mass is 35.5. The van der Waals surface area contributed by atoms with Gasteiger partial charge < -0.3 is 14.6 Å². The van der Waals surface area contributed by atoms with Crippen molar-refractivity contribution in [2.75, 3.05) is 6.61 Å². The molecule has 3 aromatic rings. The summed E-state index contributed by atoms with van der Waals surface area (Å²) in [6.07, 6.45) is 3.52. The predicted molar refractivity (Wildman–Crippen MR) is 127 cm³/mol. The number of rotatable bonds is 11. The maximum atomic E-state index is 12.6. The highest BCUT2D eigenvalue weighted by Gasteiger charge is 2.21. The van der Waals surface area contributed by atoms with Gasteiger partial charge in [-0.25, -0.2) is 4.98 Å². The number of halogens is 1. The number of nitrogens with one attached hydrogen (secondary N) is 1. The SMILES string of the molecule is CCC(CC)C(=O)NC(C)c1nc2ccccc2n1CCCCOc1ccccc1Cl. The Morgan fingerprint density at radius 3 is 2.55 bits per heavy atom. The highest BCUT2D eigenvalue weighted by Crippen LogP contribution is 2.24. The largest absolute Gasteiger partial charge is 0.492 e. The summed E-state index contributed by atoms with van der Waals surface area (Å²) >= 11 is 6.15. The van der Waals surface area contributed by atoms with Crippen LogP contribution in [-0.2, 0) is 11.3 Å². The van der Waals surface area contributed by atoms with E-state index in [2.05, 4.69) is 29.8 Å². The van der Waals surface area contributed by atoms with Gasteiger partial charge in [-0.3, -0.25) is 4.79 Å². The molecule has 0 fully saturated rings. The number of hydrogen-bond acceptors (Lipinski definition) is 3. The topological polar surface area (TPSA) is 56.2 Å². The number of hydrogen-bond donors (Lipinski definition) is 1. The molecule has 1 atom stereocenters. The Kier molecular flexibility index (Phi) is 8.35. The first-order chi connectivity index (χ1) is 15.0. The minimum absolute atomic E-state index is 0.0437. The Hall–Kier alpha value is -2.53. The number of aromatic nitrogens is 2. The van der Waals surface area contributed by atoms with E-state index in [1.165, 1.54) is 0 Å². The summed E-state index contributed by atoms with van der Waals surface area (Å²) in [5.41, 5.74) is 2.04. The van der Waals surface area contributed by atoms with Crippen LogP contribution in [0.5, 0.6) is 5.75 Å². The maximum Gasteiger partial charge on any atom is 0.223 e. The van der Waals surface area contributed by atoms with E-state index >= 15 is 0 Å². The molecule has 1 unspecified atom stereocenters. The van der Waals surface area contributed by atoms with Crippen molar-refractivity contribution in [1.29, 1.82) is 0 Å². The smallest absolute Gasteiger partial charge is 0.223 e. The van der Waals surface area contributed by atoms with Crippen LogP contribution in [0.3, 0.4) is 0 Å². The van der Waals surface area contributed by atoms with Gasteiger partial charge in [-0.2, -0.15) is 0 Å². The summed E-state index contributed by atoms with van der Waals surface area (Å²) < 4.78 is 8.04. The van der Waals surface area contributed by atoms with E-state index in [-0.39, 0.29) is 17.9 Å². The van der Waals surface area contributed by atoms with Gasteiger partial charge in [0.05, 0.1) is 28.7 Å². The zero-order valence-corrected chi connectivity index (χ0v) is 19.4. The molecule has 2 aromatic carbocycles. The number of carbonyl (C=O) groups excluding carboxylic acids is 1. The van der Waals surface area contributed by atoms with Crippen molar-refractivity contribution < 1.29 is 9.53 Å². The first-order valence-corrected chi connectivity index (χ1v) is 11.6. The molecule has 31 heavy (non-hydrogen) atoms. The van der Waals surface area contributed by atoms with Gasteiger partial charge in [0.15, 0.2) is 0 Å². The number of aryl methyl sites for hydroxylation is 1. The van der Waals surface area contributed by atoms with Crippen molar-refractivity contribution in [3.05, 3.63) is 59.4 Å². The lowest BCUT2D eigenvalue weighted by Crippen LogP contribution is -2.33. The number of unbranched alkanes of at least 4 members (excludes halogenated alkanes) is 1. The fourth-order valence-electron chi connectivity index (χ4n) is 3.83. The molecule has 166 valence electrons. The molecule has 5 nitrogen and oxygen atoms in total. The molecule has 3 rings (SSSR count). The zero-order chi connectivity index (χ0) is 22.2. The van der Waals surface area contributed by atoms with Crippen LogP contribution < -0.4 is 10.1 Å². The van der Waals surface area contributed by atoms with Crippen LogP contribution >= 0.6 is 11.6 Å². The summed E-state index contributed by atoms with van der Waals surface area (Å²) in [4.78, 5) is 17.4. The Morgan fingerprint density at radius 1 is 1.10 bits per heavy atom. The van der Waals surface area contributed by atoms with Gasteiger partial charge in [0.2, 0.25) is 5.91 Å². The van der Waals surface area contributed by atoms with Crippen LogP contribution in [-0.4, -0.2) is 22.1 Å². The van der Waals surface area contributed by atoms with Gasteiger partial charge in [-0.15, -0.1) is 0 Å². The summed E-state index contributed by atoms with van der Waals surface area (Å²) in [6, 6.07) is 15.5. The number of fused-ring (bicyclic) bond motifs is 1. The number of amides is 1. The van der Waals surface area contributed by atoms with E-state index in [4.69, 9.17) is 21.3 Å². The van der Waals surface area contributed by atoms with Crippen molar-refractivity contribution in [3.63, 3.8) is 0 Å². The lowest BCUT2D eigenvalue weighted by molar-refractivity contribution is -0.125. The Bertz CT molecular complexity index is 997. The van der Waals surface area contributed by atoms with Crippen molar-refractivity contribution in [2.45, 2.75) is 59.0 Å². The number of carbonyl (C=O) groups is 1. The second-order valence-electron chi connectivity index (χ2n) is 7.84. The molecule has 1 amide bonds. The molecular weight excluding hydrogens is 410 g/mol. The number of nitrogens with zero attached hydrogens (tertiary/aromatic N) is 2. The van der Waals surface area contributed by atoms with Crippen LogP contribution in [0, 0.1) is 5.92 Å². The summed E-state index contributed by atoms with van der Waals surface area (Å²) in [5, 5.41) is 3.80. The Morgan fingerprint density at radius 2 is 1.81 bits per heavy atom. The highest BCUT2D eigenvalue weighted by molar-refractivity contribution is 6.32. The first-order valence-electron chi connectivity index (χ1n) is 11.2. The molecule has 0 saturated carbocycles. The molecule has 0 saturated heterocycles. The van der Waals surface area contributed by atoms with E-state index < -0.39 is 0 Å². The molecule has 0 radical (unpaired) electrons. The van der Waals surface area contributed by atoms with Gasteiger partial charge in [-0.05, 0) is 56.9 Å². The van der Waals surface area contributed by atoms with Crippen LogP contribution in [0.25, 0.3) is 11.0 Å². The van der Waals surface area contributed by atoms with E-state index in [0.717, 1.165) is 54.8 Å². The minimum Gasteiger partial charge on any atom is -0.492 e. The molecular formula is C25H32ClN3O2. The molecule has 1 heterocycles. The number of ether oxygens (including phenoxy) is 1. The number of benzene rings is 2. The minimum atomic E-state index is -0.153. The number of para-hydroxylation sites is 3. The molecule has 0 bridgehead atoms. The van der Waals surface area contributed by atoms with Crippen LogP contribution in [0.4, 0.5) is 0 Å². The maximum absolute atomic E-state index is 12.6. The molecule has 6 heteroatoms. The molecule has 1 aromatic heterocycles. The van der Waals surface area contributed by atoms with Crippen LogP contribution in [0.1, 0.15) is 58.3 Å². The average molecular weight is 442 g/mol. The number of imidazole rings is 1. The molecule has 0 aliphatic heterocycles. The van der Waals surface area contributed by atoms with E-state index in [0.29, 0.717) is 11.6 Å². The van der Waals surface area contributed by atoms with Crippen LogP contribution in [0.2, 0.25) is 5.02 Å². The molecule has 0 spiro atoms. The molecule has 1 N–H and O–H groups in total. The fourth-order valence-corrected chi connectivity index (χ4v) is 4.02. The standard InChI is InChI=1S/C25H32ClN3O2/c1-4-19(5-2)25(30)27-18(3)24-28-21-13-7-8-14-22(21)29(24)16-10-11-17-31-23-15-9-6-12-20(23)26/h6-9,12-15,18-19H,4-5,10-11,16-17H2,1-3H3,(H,27,30). The van der Waals surface area contributed by atoms with Crippen molar-refractivity contribution in [3.8, 4) is 5.75 Å². The average Bonchev–Trinajstić information content (AvgIpc) is 3.14. The summed E-state index contributed by atoms with van der Waals surface area (Å²) in [5.74, 6) is 1.76. The van der Waals surface area contributed by atoms with Gasteiger partial charge in [0.1, 0.15) is 11.6 Å². The van der Waals surface area contributed by atoms with Crippen molar-refractivity contribution >= 4 is 28.5 Å². The molecule has 0 aliphatic carbocycles. The third-order valence-electron chi connectivity index (χ3n) is 5.66. The quantitative estimate of drug-likeness (QED) is 0.362. The second-order valence-corrected chi connectivity index (χ2v) is 8.25. The third kappa shape index (κ3) is 5.79. The second kappa shape index (κ2) is 11.2. The zero-order valence-electron chi connectivity index (χ0n) is 18.6. The van der Waals surface area contributed by atoms with Gasteiger partial charge in [-0.1, -0.05) is 49.7 Å². The fraction of sp³-hybridized carbons (Fsp3) is 0.440. The van der Waals surface area contributed by atoms with E-state index in [9.17, 15) is 4.79 Å². The Labute approximate surface area is 189 Å². The summed E-state index contributed by atoms with van der Waals surface area (Å²) in [6.45, 7) is 7.54. The normalized spacial score (nSPS) is 12.3. The monoisotopic (exact) mass is 441 g/mol. The molecule has 0 aliphatic rings. The van der Waals surface area contributed by atoms with Crippen molar-refractivity contribution in [1.82, 2.24) is 14.9 Å². The summed E-state index contributed by atoms with van der Waals surface area (Å²) in [7, 11) is 0.